The smallest absolute Gasteiger partial charge is 0.308 e. The second-order valence-corrected chi connectivity index (χ2v) is 4.84. The highest BCUT2D eigenvalue weighted by Crippen LogP contribution is 2.22. The van der Waals surface area contributed by atoms with Crippen molar-refractivity contribution in [2.24, 2.45) is 11.8 Å². The summed E-state index contributed by atoms with van der Waals surface area (Å²) >= 11 is 0. The molecular formula is C11H20N2O3. The number of hydrogen-bond acceptors (Lipinski definition) is 3. The van der Waals surface area contributed by atoms with Gasteiger partial charge >= 0.3 is 5.97 Å². The molecule has 5 nitrogen and oxygen atoms in total. The van der Waals surface area contributed by atoms with Gasteiger partial charge in [-0.3, -0.25) is 14.5 Å². The van der Waals surface area contributed by atoms with E-state index in [0.717, 1.165) is 0 Å². The Morgan fingerprint density at radius 3 is 2.50 bits per heavy atom. The Hall–Kier alpha value is -1.10. The molecule has 0 aliphatic carbocycles. The minimum atomic E-state index is -0.765. The molecule has 5 heteroatoms. The summed E-state index contributed by atoms with van der Waals surface area (Å²) in [6, 6.07) is 0.128. The quantitative estimate of drug-likeness (QED) is 0.719. The molecule has 1 saturated heterocycles. The second kappa shape index (κ2) is 5.30. The molecule has 1 fully saturated rings. The number of aliphatic carboxylic acids is 1. The lowest BCUT2D eigenvalue weighted by Gasteiger charge is -2.16. The van der Waals surface area contributed by atoms with Gasteiger partial charge in [0.05, 0.1) is 12.5 Å². The van der Waals surface area contributed by atoms with Crippen molar-refractivity contribution in [1.29, 1.82) is 0 Å². The van der Waals surface area contributed by atoms with Crippen molar-refractivity contribution in [1.82, 2.24) is 10.2 Å². The predicted molar refractivity (Wildman–Crippen MR) is 60.0 cm³/mol. The minimum absolute atomic E-state index is 0.0340. The molecule has 0 bridgehead atoms. The molecular weight excluding hydrogens is 208 g/mol. The van der Waals surface area contributed by atoms with Crippen LogP contribution in [-0.4, -0.2) is 47.6 Å². The van der Waals surface area contributed by atoms with Crippen LogP contribution in [0.5, 0.6) is 0 Å². The number of carbonyl (C=O) groups excluding carboxylic acids is 1. The average Bonchev–Trinajstić information content (AvgIpc) is 2.44. The molecule has 1 aliphatic rings. The first-order chi connectivity index (χ1) is 7.40. The maximum absolute atomic E-state index is 11.5. The van der Waals surface area contributed by atoms with E-state index in [0.29, 0.717) is 19.6 Å². The number of nitrogens with one attached hydrogen (secondary N) is 1. The summed E-state index contributed by atoms with van der Waals surface area (Å²) in [5.41, 5.74) is 0. The first kappa shape index (κ1) is 13.0. The summed E-state index contributed by atoms with van der Waals surface area (Å²) in [7, 11) is 0. The Labute approximate surface area is 95.8 Å². The summed E-state index contributed by atoms with van der Waals surface area (Å²) in [6.45, 7) is 7.19. The summed E-state index contributed by atoms with van der Waals surface area (Å²) < 4.78 is 0. The number of likely N-dealkylation sites (tertiary alicyclic amines) is 1. The Kier molecular flexibility index (Phi) is 4.29. The summed E-state index contributed by atoms with van der Waals surface area (Å²) in [6.07, 6.45) is 0. The summed E-state index contributed by atoms with van der Waals surface area (Å²) in [4.78, 5) is 24.3. The van der Waals surface area contributed by atoms with Gasteiger partial charge in [-0.25, -0.2) is 0 Å². The number of carboxylic acid groups (broad SMARTS) is 1. The van der Waals surface area contributed by atoms with E-state index in [9.17, 15) is 9.59 Å². The van der Waals surface area contributed by atoms with E-state index in [1.165, 1.54) is 0 Å². The number of hydrogen-bond donors (Lipinski definition) is 2. The van der Waals surface area contributed by atoms with Crippen LogP contribution < -0.4 is 5.32 Å². The molecule has 0 aromatic rings. The van der Waals surface area contributed by atoms with Crippen LogP contribution in [0, 0.1) is 11.8 Å². The molecule has 0 spiro atoms. The number of carbonyl (C=O) groups is 2. The van der Waals surface area contributed by atoms with Crippen LogP contribution in [-0.2, 0) is 9.59 Å². The molecule has 1 amide bonds. The lowest BCUT2D eigenvalue weighted by atomic mass is 9.99. The largest absolute Gasteiger partial charge is 0.481 e. The normalized spacial score (nSPS) is 26.0. The molecule has 1 heterocycles. The van der Waals surface area contributed by atoms with E-state index in [4.69, 9.17) is 5.11 Å². The fourth-order valence-corrected chi connectivity index (χ4v) is 2.09. The average molecular weight is 228 g/mol. The maximum Gasteiger partial charge on any atom is 0.308 e. The van der Waals surface area contributed by atoms with Gasteiger partial charge in [-0.15, -0.1) is 0 Å². The minimum Gasteiger partial charge on any atom is -0.481 e. The zero-order chi connectivity index (χ0) is 12.3. The van der Waals surface area contributed by atoms with E-state index in [-0.39, 0.29) is 23.8 Å². The monoisotopic (exact) mass is 228 g/mol. The molecule has 92 valence electrons. The number of rotatable bonds is 4. The van der Waals surface area contributed by atoms with Crippen LogP contribution in [0.3, 0.4) is 0 Å². The van der Waals surface area contributed by atoms with Gasteiger partial charge in [0.2, 0.25) is 5.91 Å². The topological polar surface area (TPSA) is 69.6 Å². The number of nitrogens with zero attached hydrogens (tertiary/aromatic N) is 1. The van der Waals surface area contributed by atoms with Gasteiger partial charge in [-0.05, 0) is 19.8 Å². The fraction of sp³-hybridized carbons (Fsp3) is 0.818. The van der Waals surface area contributed by atoms with Crippen molar-refractivity contribution in [2.75, 3.05) is 19.6 Å². The Morgan fingerprint density at radius 2 is 2.06 bits per heavy atom. The van der Waals surface area contributed by atoms with Gasteiger partial charge in [0, 0.05) is 19.1 Å². The van der Waals surface area contributed by atoms with Gasteiger partial charge in [-0.1, -0.05) is 6.92 Å². The Bertz CT molecular complexity index is 278. The highest BCUT2D eigenvalue weighted by Gasteiger charge is 2.35. The van der Waals surface area contributed by atoms with Crippen molar-refractivity contribution in [3.05, 3.63) is 0 Å². The zero-order valence-electron chi connectivity index (χ0n) is 10.1. The zero-order valence-corrected chi connectivity index (χ0v) is 10.1. The number of amides is 1. The first-order valence-corrected chi connectivity index (χ1v) is 5.64. The van der Waals surface area contributed by atoms with Crippen molar-refractivity contribution in [3.8, 4) is 0 Å². The lowest BCUT2D eigenvalue weighted by Crippen LogP contribution is -2.39. The van der Waals surface area contributed by atoms with Crippen molar-refractivity contribution >= 4 is 11.9 Å². The molecule has 0 aromatic heterocycles. The summed E-state index contributed by atoms with van der Waals surface area (Å²) in [5.74, 6) is -1.02. The van der Waals surface area contributed by atoms with Gasteiger partial charge in [-0.2, -0.15) is 0 Å². The molecule has 1 rings (SSSR count). The molecule has 0 aromatic carbocycles. The third-order valence-electron chi connectivity index (χ3n) is 2.82. The van der Waals surface area contributed by atoms with Crippen molar-refractivity contribution < 1.29 is 14.7 Å². The SMILES string of the molecule is CC(C)NC(=O)CN1C[C@@H](C)[C@H](C(=O)O)C1. The lowest BCUT2D eigenvalue weighted by molar-refractivity contribution is -0.142. The van der Waals surface area contributed by atoms with Crippen LogP contribution in [0.4, 0.5) is 0 Å². The van der Waals surface area contributed by atoms with E-state index in [1.54, 1.807) is 0 Å². The third kappa shape index (κ3) is 3.48. The highest BCUT2D eigenvalue weighted by atomic mass is 16.4. The third-order valence-corrected chi connectivity index (χ3v) is 2.82. The maximum atomic E-state index is 11.5. The van der Waals surface area contributed by atoms with E-state index >= 15 is 0 Å². The van der Waals surface area contributed by atoms with Gasteiger partial charge in [0.25, 0.3) is 0 Å². The van der Waals surface area contributed by atoms with Gasteiger partial charge in [0.1, 0.15) is 0 Å². The molecule has 16 heavy (non-hydrogen) atoms. The molecule has 1 aliphatic heterocycles. The van der Waals surface area contributed by atoms with Crippen LogP contribution in [0.1, 0.15) is 20.8 Å². The molecule has 0 unspecified atom stereocenters. The highest BCUT2D eigenvalue weighted by molar-refractivity contribution is 5.78. The first-order valence-electron chi connectivity index (χ1n) is 5.64. The second-order valence-electron chi connectivity index (χ2n) is 4.84. The molecule has 0 radical (unpaired) electrons. The summed E-state index contributed by atoms with van der Waals surface area (Å²) in [5, 5.41) is 11.8. The van der Waals surface area contributed by atoms with Gasteiger partial charge in [0.15, 0.2) is 0 Å². The van der Waals surface area contributed by atoms with E-state index in [2.05, 4.69) is 5.32 Å². The molecule has 2 N–H and O–H groups in total. The van der Waals surface area contributed by atoms with E-state index < -0.39 is 5.97 Å². The van der Waals surface area contributed by atoms with E-state index in [1.807, 2.05) is 25.7 Å². The molecule has 2 atom stereocenters. The van der Waals surface area contributed by atoms with Crippen molar-refractivity contribution in [3.63, 3.8) is 0 Å². The fourth-order valence-electron chi connectivity index (χ4n) is 2.09. The van der Waals surface area contributed by atoms with Crippen molar-refractivity contribution in [2.45, 2.75) is 26.8 Å². The van der Waals surface area contributed by atoms with Crippen LogP contribution in [0.25, 0.3) is 0 Å². The van der Waals surface area contributed by atoms with Crippen LogP contribution >= 0.6 is 0 Å². The van der Waals surface area contributed by atoms with Crippen LogP contribution in [0.2, 0.25) is 0 Å². The predicted octanol–water partition coefficient (Wildman–Crippen LogP) is 0.164. The van der Waals surface area contributed by atoms with Gasteiger partial charge < -0.3 is 10.4 Å². The molecule has 0 saturated carbocycles. The number of carboxylic acids is 1. The Balaban J connectivity index is 2.41. The standard InChI is InChI=1S/C11H20N2O3/c1-7(2)12-10(14)6-13-4-8(3)9(5-13)11(15)16/h7-9H,4-6H2,1-3H3,(H,12,14)(H,15,16)/t8-,9-/m1/s1. The Morgan fingerprint density at radius 1 is 1.44 bits per heavy atom. The van der Waals surface area contributed by atoms with Crippen LogP contribution in [0.15, 0.2) is 0 Å².